The van der Waals surface area contributed by atoms with Gasteiger partial charge in [-0.25, -0.2) is 4.72 Å². The Labute approximate surface area is 107 Å². The van der Waals surface area contributed by atoms with Crippen molar-refractivity contribution in [2.75, 3.05) is 13.6 Å². The van der Waals surface area contributed by atoms with Crippen LogP contribution < -0.4 is 4.72 Å². The van der Waals surface area contributed by atoms with E-state index in [1.807, 2.05) is 11.6 Å². The van der Waals surface area contributed by atoms with Gasteiger partial charge >= 0.3 is 10.2 Å². The number of amides is 1. The molecular weight excluding hydrogens is 256 g/mol. The van der Waals surface area contributed by atoms with Crippen molar-refractivity contribution in [2.24, 2.45) is 0 Å². The maximum Gasteiger partial charge on any atom is 0.303 e. The SMILES string of the molecule is CCCN(C)S(=O)(=O)NC(=O)c1cc(C)oc1C. The molecule has 0 aliphatic rings. The van der Waals surface area contributed by atoms with Gasteiger partial charge in [-0.3, -0.25) is 4.79 Å². The van der Waals surface area contributed by atoms with Crippen LogP contribution in [0.3, 0.4) is 0 Å². The first-order valence-corrected chi connectivity index (χ1v) is 7.07. The highest BCUT2D eigenvalue weighted by Gasteiger charge is 2.22. The molecule has 0 radical (unpaired) electrons. The zero-order valence-electron chi connectivity index (χ0n) is 11.0. The molecule has 0 bridgehead atoms. The van der Waals surface area contributed by atoms with Gasteiger partial charge in [0.05, 0.1) is 5.56 Å². The fraction of sp³-hybridized carbons (Fsp3) is 0.545. The fourth-order valence-electron chi connectivity index (χ4n) is 1.54. The minimum Gasteiger partial charge on any atom is -0.466 e. The van der Waals surface area contributed by atoms with E-state index in [9.17, 15) is 13.2 Å². The Morgan fingerprint density at radius 3 is 2.50 bits per heavy atom. The molecule has 0 atom stereocenters. The summed E-state index contributed by atoms with van der Waals surface area (Å²) >= 11 is 0. The molecule has 18 heavy (non-hydrogen) atoms. The lowest BCUT2D eigenvalue weighted by Crippen LogP contribution is -2.41. The molecule has 0 saturated heterocycles. The first-order valence-electron chi connectivity index (χ1n) is 5.63. The first kappa shape index (κ1) is 14.7. The second-order valence-electron chi connectivity index (χ2n) is 4.08. The summed E-state index contributed by atoms with van der Waals surface area (Å²) in [6, 6.07) is 1.51. The van der Waals surface area contributed by atoms with Crippen molar-refractivity contribution < 1.29 is 17.6 Å². The average Bonchev–Trinajstić information content (AvgIpc) is 2.57. The summed E-state index contributed by atoms with van der Waals surface area (Å²) in [6.07, 6.45) is 0.676. The van der Waals surface area contributed by atoms with Crippen molar-refractivity contribution in [3.05, 3.63) is 23.2 Å². The zero-order chi connectivity index (χ0) is 13.9. The minimum absolute atomic E-state index is 0.237. The predicted octanol–water partition coefficient (Wildman–Crippen LogP) is 1.21. The molecular formula is C11H18N2O4S. The lowest BCUT2D eigenvalue weighted by atomic mass is 10.2. The zero-order valence-corrected chi connectivity index (χ0v) is 11.8. The molecule has 7 heteroatoms. The van der Waals surface area contributed by atoms with Crippen molar-refractivity contribution in [2.45, 2.75) is 27.2 Å². The van der Waals surface area contributed by atoms with Gasteiger partial charge in [-0.15, -0.1) is 0 Å². The van der Waals surface area contributed by atoms with Gasteiger partial charge in [0.15, 0.2) is 0 Å². The number of hydrogen-bond acceptors (Lipinski definition) is 4. The van der Waals surface area contributed by atoms with Crippen LogP contribution in [-0.2, 0) is 10.2 Å². The molecule has 6 nitrogen and oxygen atoms in total. The van der Waals surface area contributed by atoms with E-state index in [0.29, 0.717) is 24.5 Å². The Hall–Kier alpha value is -1.34. The topological polar surface area (TPSA) is 79.6 Å². The summed E-state index contributed by atoms with van der Waals surface area (Å²) in [4.78, 5) is 11.8. The van der Waals surface area contributed by atoms with Crippen LogP contribution in [0.5, 0.6) is 0 Å². The molecule has 0 aliphatic heterocycles. The maximum atomic E-state index is 11.8. The van der Waals surface area contributed by atoms with E-state index in [1.165, 1.54) is 13.1 Å². The monoisotopic (exact) mass is 274 g/mol. The number of carbonyl (C=O) groups is 1. The predicted molar refractivity (Wildman–Crippen MR) is 67.5 cm³/mol. The largest absolute Gasteiger partial charge is 0.466 e. The van der Waals surface area contributed by atoms with E-state index in [-0.39, 0.29) is 5.56 Å². The molecule has 1 heterocycles. The summed E-state index contributed by atoms with van der Waals surface area (Å²) in [7, 11) is -2.36. The molecule has 0 aliphatic carbocycles. The summed E-state index contributed by atoms with van der Waals surface area (Å²) in [6.45, 7) is 5.52. The molecule has 1 rings (SSSR count). The van der Waals surface area contributed by atoms with Crippen LogP contribution in [0.1, 0.15) is 35.2 Å². The number of furan rings is 1. The fourth-order valence-corrected chi connectivity index (χ4v) is 2.46. The highest BCUT2D eigenvalue weighted by molar-refractivity contribution is 7.87. The Bertz CT molecular complexity index is 533. The smallest absolute Gasteiger partial charge is 0.303 e. The Kier molecular flexibility index (Phi) is 4.53. The van der Waals surface area contributed by atoms with Crippen LogP contribution in [0, 0.1) is 13.8 Å². The highest BCUT2D eigenvalue weighted by Crippen LogP contribution is 2.13. The minimum atomic E-state index is -3.79. The quantitative estimate of drug-likeness (QED) is 0.875. The number of nitrogens with zero attached hydrogens (tertiary/aromatic N) is 1. The molecule has 0 unspecified atom stereocenters. The molecule has 102 valence electrons. The van der Waals surface area contributed by atoms with Crippen molar-refractivity contribution >= 4 is 16.1 Å². The summed E-state index contributed by atoms with van der Waals surface area (Å²) in [5, 5.41) is 0. The Balaban J connectivity index is 2.85. The number of nitrogens with one attached hydrogen (secondary N) is 1. The Morgan fingerprint density at radius 1 is 1.44 bits per heavy atom. The van der Waals surface area contributed by atoms with Gasteiger partial charge in [-0.2, -0.15) is 12.7 Å². The number of hydrogen-bond donors (Lipinski definition) is 1. The van der Waals surface area contributed by atoms with Crippen LogP contribution in [0.25, 0.3) is 0 Å². The van der Waals surface area contributed by atoms with Gasteiger partial charge in [-0.05, 0) is 26.3 Å². The second-order valence-corrected chi connectivity index (χ2v) is 5.86. The van der Waals surface area contributed by atoms with E-state index in [4.69, 9.17) is 4.42 Å². The van der Waals surface area contributed by atoms with Crippen LogP contribution >= 0.6 is 0 Å². The van der Waals surface area contributed by atoms with Crippen LogP contribution in [-0.4, -0.2) is 32.2 Å². The summed E-state index contributed by atoms with van der Waals surface area (Å²) in [5.74, 6) is 0.294. The molecule has 0 fully saturated rings. The molecule has 0 spiro atoms. The van der Waals surface area contributed by atoms with E-state index < -0.39 is 16.1 Å². The van der Waals surface area contributed by atoms with Gasteiger partial charge < -0.3 is 4.42 Å². The van der Waals surface area contributed by atoms with E-state index in [2.05, 4.69) is 0 Å². The van der Waals surface area contributed by atoms with Gasteiger partial charge in [-0.1, -0.05) is 6.92 Å². The van der Waals surface area contributed by atoms with Crippen molar-refractivity contribution in [1.29, 1.82) is 0 Å². The summed E-state index contributed by atoms with van der Waals surface area (Å²) in [5.41, 5.74) is 0.237. The van der Waals surface area contributed by atoms with Gasteiger partial charge in [0.2, 0.25) is 0 Å². The molecule has 0 aromatic carbocycles. The van der Waals surface area contributed by atoms with Crippen molar-refractivity contribution in [1.82, 2.24) is 9.03 Å². The number of carbonyl (C=O) groups excluding carboxylic acids is 1. The molecule has 1 aromatic rings. The highest BCUT2D eigenvalue weighted by atomic mass is 32.2. The first-order chi connectivity index (χ1) is 8.27. The van der Waals surface area contributed by atoms with Crippen molar-refractivity contribution in [3.63, 3.8) is 0 Å². The molecule has 0 saturated carbocycles. The van der Waals surface area contributed by atoms with Gasteiger partial charge in [0.25, 0.3) is 5.91 Å². The van der Waals surface area contributed by atoms with Crippen LogP contribution in [0.4, 0.5) is 0 Å². The van der Waals surface area contributed by atoms with Crippen molar-refractivity contribution in [3.8, 4) is 0 Å². The molecule has 1 N–H and O–H groups in total. The third kappa shape index (κ3) is 3.33. The number of rotatable bonds is 5. The van der Waals surface area contributed by atoms with Gasteiger partial charge in [0, 0.05) is 13.6 Å². The number of aryl methyl sites for hydroxylation is 2. The molecule has 1 amide bonds. The lowest BCUT2D eigenvalue weighted by molar-refractivity contribution is 0.0978. The third-order valence-electron chi connectivity index (χ3n) is 2.46. The normalized spacial score (nSPS) is 11.8. The average molecular weight is 274 g/mol. The Morgan fingerprint density at radius 2 is 2.06 bits per heavy atom. The van der Waals surface area contributed by atoms with Gasteiger partial charge in [0.1, 0.15) is 11.5 Å². The molecule has 1 aromatic heterocycles. The van der Waals surface area contributed by atoms with Crippen LogP contribution in [0.2, 0.25) is 0 Å². The van der Waals surface area contributed by atoms with E-state index >= 15 is 0 Å². The van der Waals surface area contributed by atoms with E-state index in [1.54, 1.807) is 13.8 Å². The maximum absolute atomic E-state index is 11.8. The lowest BCUT2D eigenvalue weighted by Gasteiger charge is -2.16. The van der Waals surface area contributed by atoms with Crippen LogP contribution in [0.15, 0.2) is 10.5 Å². The standard InChI is InChI=1S/C11H18N2O4S/c1-5-6-13(4)18(15,16)12-11(14)10-7-8(2)17-9(10)3/h7H,5-6H2,1-4H3,(H,12,14). The second kappa shape index (κ2) is 5.53. The van der Waals surface area contributed by atoms with E-state index in [0.717, 1.165) is 4.31 Å². The summed E-state index contributed by atoms with van der Waals surface area (Å²) < 4.78 is 31.9. The third-order valence-corrected chi connectivity index (χ3v) is 3.90.